The topological polar surface area (TPSA) is 74.6 Å². The molecule has 2 N–H and O–H groups in total. The molecular formula is C2H5BrO4S. The van der Waals surface area contributed by atoms with E-state index in [9.17, 15) is 8.42 Å². The monoisotopic (exact) mass is 204 g/mol. The molecule has 4 nitrogen and oxygen atoms in total. The molecule has 0 rings (SSSR count). The van der Waals surface area contributed by atoms with Gasteiger partial charge in [0.05, 0.1) is 0 Å². The van der Waals surface area contributed by atoms with Crippen molar-refractivity contribution in [1.82, 2.24) is 0 Å². The standard InChI is InChI=1S/C2H5BrO4S/c3-1-2(4)8(5,6)7/h2,4H,1H2,(H,5,6,7). The fourth-order valence-electron chi connectivity index (χ4n) is 0.0796. The summed E-state index contributed by atoms with van der Waals surface area (Å²) in [4.78, 5) is 0. The third-order valence-electron chi connectivity index (χ3n) is 0.476. The Hall–Kier alpha value is 0.350. The Bertz CT molecular complexity index is 149. The summed E-state index contributed by atoms with van der Waals surface area (Å²) in [6.45, 7) is 0. The summed E-state index contributed by atoms with van der Waals surface area (Å²) in [5.41, 5.74) is -1.71. The number of hydrogen-bond acceptors (Lipinski definition) is 3. The van der Waals surface area contributed by atoms with E-state index in [0.29, 0.717) is 0 Å². The van der Waals surface area contributed by atoms with Crippen LogP contribution in [0.2, 0.25) is 0 Å². The Kier molecular flexibility index (Phi) is 2.89. The average molecular weight is 205 g/mol. The third-order valence-corrected chi connectivity index (χ3v) is 2.37. The molecule has 0 aromatic heterocycles. The van der Waals surface area contributed by atoms with Gasteiger partial charge in [-0.25, -0.2) is 0 Å². The van der Waals surface area contributed by atoms with Crippen LogP contribution in [-0.4, -0.2) is 28.8 Å². The summed E-state index contributed by atoms with van der Waals surface area (Å²) in [5, 5.41) is 8.13. The van der Waals surface area contributed by atoms with Crippen molar-refractivity contribution < 1.29 is 18.1 Å². The first-order valence-electron chi connectivity index (χ1n) is 1.69. The first-order valence-corrected chi connectivity index (χ1v) is 4.31. The second-order valence-electron chi connectivity index (χ2n) is 1.12. The van der Waals surface area contributed by atoms with Gasteiger partial charge in [-0.1, -0.05) is 15.9 Å². The fraction of sp³-hybridized carbons (Fsp3) is 1.00. The molecule has 0 amide bonds. The highest BCUT2D eigenvalue weighted by atomic mass is 79.9. The van der Waals surface area contributed by atoms with Crippen molar-refractivity contribution in [1.29, 1.82) is 0 Å². The summed E-state index contributed by atoms with van der Waals surface area (Å²) < 4.78 is 27.7. The molecule has 0 bridgehead atoms. The van der Waals surface area contributed by atoms with Gasteiger partial charge in [-0.2, -0.15) is 8.42 Å². The summed E-state index contributed by atoms with van der Waals surface area (Å²) >= 11 is 2.66. The van der Waals surface area contributed by atoms with Gasteiger partial charge in [0.15, 0.2) is 5.44 Å². The van der Waals surface area contributed by atoms with Gasteiger partial charge in [0.2, 0.25) is 0 Å². The van der Waals surface area contributed by atoms with Crippen LogP contribution in [-0.2, 0) is 10.1 Å². The lowest BCUT2D eigenvalue weighted by molar-refractivity contribution is 0.257. The Morgan fingerprint density at radius 2 is 2.00 bits per heavy atom. The second kappa shape index (κ2) is 2.77. The number of alkyl halides is 1. The van der Waals surface area contributed by atoms with E-state index < -0.39 is 15.6 Å². The highest BCUT2D eigenvalue weighted by molar-refractivity contribution is 9.09. The number of halogens is 1. The maximum absolute atomic E-state index is 9.84. The summed E-state index contributed by atoms with van der Waals surface area (Å²) in [7, 11) is -4.24. The maximum Gasteiger partial charge on any atom is 0.292 e. The molecular weight excluding hydrogens is 200 g/mol. The van der Waals surface area contributed by atoms with Crippen LogP contribution in [0.15, 0.2) is 0 Å². The molecule has 0 aromatic rings. The molecule has 0 radical (unpaired) electrons. The van der Waals surface area contributed by atoms with Gasteiger partial charge in [-0.05, 0) is 0 Å². The van der Waals surface area contributed by atoms with Gasteiger partial charge < -0.3 is 5.11 Å². The molecule has 0 aliphatic carbocycles. The molecule has 0 spiro atoms. The van der Waals surface area contributed by atoms with Crippen molar-refractivity contribution in [2.45, 2.75) is 5.44 Å². The molecule has 50 valence electrons. The Labute approximate surface area is 55.4 Å². The molecule has 8 heavy (non-hydrogen) atoms. The smallest absolute Gasteiger partial charge is 0.292 e. The normalized spacial score (nSPS) is 15.9. The van der Waals surface area contributed by atoms with E-state index >= 15 is 0 Å². The minimum atomic E-state index is -4.24. The van der Waals surface area contributed by atoms with Gasteiger partial charge in [-0.15, -0.1) is 0 Å². The van der Waals surface area contributed by atoms with Crippen LogP contribution < -0.4 is 0 Å². The van der Waals surface area contributed by atoms with Crippen LogP contribution in [0.1, 0.15) is 0 Å². The van der Waals surface area contributed by atoms with Crippen molar-refractivity contribution in [3.05, 3.63) is 0 Å². The van der Waals surface area contributed by atoms with Crippen LogP contribution in [0.5, 0.6) is 0 Å². The Morgan fingerprint density at radius 3 is 2.00 bits per heavy atom. The minimum absolute atomic E-state index is 0.175. The summed E-state index contributed by atoms with van der Waals surface area (Å²) in [6, 6.07) is 0. The van der Waals surface area contributed by atoms with Gasteiger partial charge in [0, 0.05) is 5.33 Å². The molecule has 6 heteroatoms. The van der Waals surface area contributed by atoms with Crippen LogP contribution in [0.4, 0.5) is 0 Å². The fourth-order valence-corrected chi connectivity index (χ4v) is 1.24. The molecule has 0 aliphatic heterocycles. The maximum atomic E-state index is 9.84. The lowest BCUT2D eigenvalue weighted by Crippen LogP contribution is -2.20. The van der Waals surface area contributed by atoms with E-state index in [0.717, 1.165) is 0 Å². The second-order valence-corrected chi connectivity index (χ2v) is 3.35. The minimum Gasteiger partial charge on any atom is -0.374 e. The molecule has 0 saturated carbocycles. The SMILES string of the molecule is O=S(=O)(O)C(O)CBr. The predicted octanol–water partition coefficient (Wildman–Crippen LogP) is -0.413. The molecule has 0 aromatic carbocycles. The van der Waals surface area contributed by atoms with Gasteiger partial charge in [0.1, 0.15) is 0 Å². The lowest BCUT2D eigenvalue weighted by Gasteiger charge is -1.98. The molecule has 1 unspecified atom stereocenters. The van der Waals surface area contributed by atoms with Crippen molar-refractivity contribution in [3.63, 3.8) is 0 Å². The highest BCUT2D eigenvalue weighted by Crippen LogP contribution is 1.96. The zero-order chi connectivity index (χ0) is 6.78. The number of rotatable bonds is 2. The zero-order valence-corrected chi connectivity index (χ0v) is 6.18. The number of hydrogen-bond donors (Lipinski definition) is 2. The van der Waals surface area contributed by atoms with Gasteiger partial charge in [0.25, 0.3) is 10.1 Å². The Balaban J connectivity index is 4.04. The lowest BCUT2D eigenvalue weighted by atomic mass is 10.9. The van der Waals surface area contributed by atoms with Crippen LogP contribution in [0.25, 0.3) is 0 Å². The molecule has 0 saturated heterocycles. The predicted molar refractivity (Wildman–Crippen MR) is 31.3 cm³/mol. The van der Waals surface area contributed by atoms with Crippen molar-refractivity contribution >= 4 is 26.0 Å². The van der Waals surface area contributed by atoms with E-state index in [2.05, 4.69) is 15.9 Å². The van der Waals surface area contributed by atoms with E-state index in [-0.39, 0.29) is 5.33 Å². The quantitative estimate of drug-likeness (QED) is 0.474. The zero-order valence-electron chi connectivity index (χ0n) is 3.78. The van der Waals surface area contributed by atoms with Crippen LogP contribution >= 0.6 is 15.9 Å². The van der Waals surface area contributed by atoms with Gasteiger partial charge in [-0.3, -0.25) is 4.55 Å². The van der Waals surface area contributed by atoms with Gasteiger partial charge >= 0.3 is 0 Å². The van der Waals surface area contributed by atoms with E-state index in [4.69, 9.17) is 9.66 Å². The highest BCUT2D eigenvalue weighted by Gasteiger charge is 2.16. The van der Waals surface area contributed by atoms with Crippen molar-refractivity contribution in [3.8, 4) is 0 Å². The van der Waals surface area contributed by atoms with E-state index in [1.165, 1.54) is 0 Å². The molecule has 0 heterocycles. The first kappa shape index (κ1) is 8.35. The van der Waals surface area contributed by atoms with E-state index in [1.807, 2.05) is 0 Å². The summed E-state index contributed by atoms with van der Waals surface area (Å²) in [6.07, 6.45) is 0. The third kappa shape index (κ3) is 2.61. The van der Waals surface area contributed by atoms with Crippen molar-refractivity contribution in [2.24, 2.45) is 0 Å². The average Bonchev–Trinajstić information content (AvgIpc) is 1.62. The van der Waals surface area contributed by atoms with Crippen LogP contribution in [0.3, 0.4) is 0 Å². The number of aliphatic hydroxyl groups excluding tert-OH is 1. The Morgan fingerprint density at radius 1 is 1.62 bits per heavy atom. The van der Waals surface area contributed by atoms with Crippen molar-refractivity contribution in [2.75, 3.05) is 5.33 Å². The molecule has 0 aliphatic rings. The first-order chi connectivity index (χ1) is 3.48. The largest absolute Gasteiger partial charge is 0.374 e. The van der Waals surface area contributed by atoms with Crippen LogP contribution in [0, 0.1) is 0 Å². The molecule has 0 fully saturated rings. The van der Waals surface area contributed by atoms with E-state index in [1.54, 1.807) is 0 Å². The number of aliphatic hydroxyl groups is 1. The molecule has 1 atom stereocenters. The summed E-state index contributed by atoms with van der Waals surface area (Å²) in [5.74, 6) is 0.